The first kappa shape index (κ1) is 6.28. The Morgan fingerprint density at radius 2 is 2.45 bits per heavy atom. The number of aldehydes is 1. The van der Waals surface area contributed by atoms with Gasteiger partial charge in [-0.15, -0.1) is 0 Å². The van der Waals surface area contributed by atoms with Crippen molar-refractivity contribution in [3.05, 3.63) is 35.2 Å². The van der Waals surface area contributed by atoms with Crippen molar-refractivity contribution in [3.63, 3.8) is 0 Å². The highest BCUT2D eigenvalue weighted by Crippen LogP contribution is 2.21. The van der Waals surface area contributed by atoms with E-state index in [2.05, 4.69) is 4.98 Å². The Labute approximate surface area is 64.6 Å². The molecule has 1 aliphatic carbocycles. The summed E-state index contributed by atoms with van der Waals surface area (Å²) >= 11 is 0. The van der Waals surface area contributed by atoms with E-state index in [0.717, 1.165) is 23.8 Å². The fraction of sp³-hybridized carbons (Fsp3) is 0.111. The summed E-state index contributed by atoms with van der Waals surface area (Å²) in [4.78, 5) is 14.4. The second-order valence-corrected chi connectivity index (χ2v) is 2.59. The predicted molar refractivity (Wildman–Crippen MR) is 42.0 cm³/mol. The fourth-order valence-electron chi connectivity index (χ4n) is 1.27. The molecular formula is C9H7NO. The summed E-state index contributed by atoms with van der Waals surface area (Å²) in [5.41, 5.74) is 3.12. The molecule has 0 aromatic carbocycles. The Kier molecular flexibility index (Phi) is 1.32. The maximum absolute atomic E-state index is 10.4. The molecule has 0 fully saturated rings. The lowest BCUT2D eigenvalue weighted by Crippen LogP contribution is -1.84. The smallest absolute Gasteiger partial charge is 0.146 e. The summed E-state index contributed by atoms with van der Waals surface area (Å²) in [7, 11) is 0. The maximum atomic E-state index is 10.4. The summed E-state index contributed by atoms with van der Waals surface area (Å²) in [6, 6.07) is 1.95. The number of fused-ring (bicyclic) bond motifs is 1. The molecule has 1 aromatic rings. The zero-order valence-corrected chi connectivity index (χ0v) is 5.95. The van der Waals surface area contributed by atoms with Crippen molar-refractivity contribution in [1.82, 2.24) is 4.98 Å². The van der Waals surface area contributed by atoms with Gasteiger partial charge in [0.1, 0.15) is 6.29 Å². The molecule has 0 radical (unpaired) electrons. The van der Waals surface area contributed by atoms with Crippen molar-refractivity contribution in [3.8, 4) is 0 Å². The molecule has 0 atom stereocenters. The van der Waals surface area contributed by atoms with Gasteiger partial charge in [0.05, 0.1) is 0 Å². The molecule has 0 saturated carbocycles. The number of nitrogens with zero attached hydrogens (tertiary/aromatic N) is 1. The number of carbonyl (C=O) groups excluding carboxylic acids is 1. The lowest BCUT2D eigenvalue weighted by molar-refractivity contribution is -0.104. The van der Waals surface area contributed by atoms with Crippen LogP contribution in [0.5, 0.6) is 0 Å². The molecule has 1 aliphatic rings. The number of rotatable bonds is 1. The number of hydrogen-bond donors (Lipinski definition) is 0. The third-order valence-corrected chi connectivity index (χ3v) is 1.83. The number of aromatic nitrogens is 1. The van der Waals surface area contributed by atoms with Crippen molar-refractivity contribution >= 4 is 12.4 Å². The van der Waals surface area contributed by atoms with Crippen LogP contribution in [0, 0.1) is 0 Å². The minimum absolute atomic E-state index is 0.765. The van der Waals surface area contributed by atoms with Gasteiger partial charge in [0, 0.05) is 18.8 Å². The largest absolute Gasteiger partial charge is 0.298 e. The Bertz CT molecular complexity index is 328. The van der Waals surface area contributed by atoms with Gasteiger partial charge in [-0.2, -0.15) is 0 Å². The summed E-state index contributed by atoms with van der Waals surface area (Å²) in [5.74, 6) is 0. The molecule has 0 amide bonds. The van der Waals surface area contributed by atoms with E-state index in [-0.39, 0.29) is 0 Å². The van der Waals surface area contributed by atoms with E-state index >= 15 is 0 Å². The highest BCUT2D eigenvalue weighted by Gasteiger charge is 2.10. The van der Waals surface area contributed by atoms with E-state index in [0.29, 0.717) is 0 Å². The van der Waals surface area contributed by atoms with E-state index in [1.165, 1.54) is 5.56 Å². The van der Waals surface area contributed by atoms with Crippen molar-refractivity contribution in [2.75, 3.05) is 0 Å². The first-order chi connectivity index (χ1) is 5.40. The second kappa shape index (κ2) is 2.31. The lowest BCUT2D eigenvalue weighted by Gasteiger charge is -1.93. The highest BCUT2D eigenvalue weighted by atomic mass is 16.1. The molecule has 0 aliphatic heterocycles. The predicted octanol–water partition coefficient (Wildman–Crippen LogP) is 1.22. The van der Waals surface area contributed by atoms with Crippen LogP contribution in [0.3, 0.4) is 0 Å². The summed E-state index contributed by atoms with van der Waals surface area (Å²) in [5, 5.41) is 0. The Morgan fingerprint density at radius 1 is 1.55 bits per heavy atom. The molecule has 0 bridgehead atoms. The summed E-state index contributed by atoms with van der Waals surface area (Å²) in [6.07, 6.45) is 7.09. The quantitative estimate of drug-likeness (QED) is 0.556. The SMILES string of the molecule is O=CC1=Cc2cnccc2C1. The lowest BCUT2D eigenvalue weighted by atomic mass is 10.1. The van der Waals surface area contributed by atoms with E-state index in [1.807, 2.05) is 12.1 Å². The highest BCUT2D eigenvalue weighted by molar-refractivity contribution is 5.86. The van der Waals surface area contributed by atoms with Gasteiger partial charge in [0.25, 0.3) is 0 Å². The van der Waals surface area contributed by atoms with Gasteiger partial charge in [-0.25, -0.2) is 0 Å². The topological polar surface area (TPSA) is 30.0 Å². The fourth-order valence-corrected chi connectivity index (χ4v) is 1.27. The average Bonchev–Trinajstić information content (AvgIpc) is 2.46. The van der Waals surface area contributed by atoms with Gasteiger partial charge in [-0.05, 0) is 28.8 Å². The normalized spacial score (nSPS) is 14.0. The standard InChI is InChI=1S/C9H7NO/c11-6-7-3-8-1-2-10-5-9(8)4-7/h1-2,4-6H,3H2. The Morgan fingerprint density at radius 3 is 3.18 bits per heavy atom. The molecule has 1 heterocycles. The molecular weight excluding hydrogens is 138 g/mol. The van der Waals surface area contributed by atoms with Crippen LogP contribution in [0.2, 0.25) is 0 Å². The molecule has 2 heteroatoms. The Balaban J connectivity index is 2.47. The third kappa shape index (κ3) is 0.963. The third-order valence-electron chi connectivity index (χ3n) is 1.83. The first-order valence-corrected chi connectivity index (χ1v) is 3.49. The minimum Gasteiger partial charge on any atom is -0.298 e. The molecule has 1 aromatic heterocycles. The van der Waals surface area contributed by atoms with Crippen LogP contribution >= 0.6 is 0 Å². The molecule has 11 heavy (non-hydrogen) atoms. The van der Waals surface area contributed by atoms with E-state index in [9.17, 15) is 4.79 Å². The number of pyridine rings is 1. The Hall–Kier alpha value is -1.44. The average molecular weight is 145 g/mol. The van der Waals surface area contributed by atoms with Crippen LogP contribution in [0.4, 0.5) is 0 Å². The van der Waals surface area contributed by atoms with Crippen LogP contribution in [-0.2, 0) is 11.2 Å². The molecule has 2 nitrogen and oxygen atoms in total. The molecule has 0 saturated heterocycles. The van der Waals surface area contributed by atoms with Gasteiger partial charge in [0.2, 0.25) is 0 Å². The van der Waals surface area contributed by atoms with Gasteiger partial charge in [-0.3, -0.25) is 9.78 Å². The van der Waals surface area contributed by atoms with Crippen molar-refractivity contribution in [1.29, 1.82) is 0 Å². The van der Waals surface area contributed by atoms with Crippen molar-refractivity contribution < 1.29 is 4.79 Å². The molecule has 54 valence electrons. The van der Waals surface area contributed by atoms with Gasteiger partial charge < -0.3 is 0 Å². The zero-order valence-electron chi connectivity index (χ0n) is 5.95. The van der Waals surface area contributed by atoms with Crippen LogP contribution in [0.1, 0.15) is 11.1 Å². The first-order valence-electron chi connectivity index (χ1n) is 3.49. The zero-order chi connectivity index (χ0) is 7.68. The van der Waals surface area contributed by atoms with Crippen LogP contribution in [0.25, 0.3) is 6.08 Å². The summed E-state index contributed by atoms with van der Waals surface area (Å²) < 4.78 is 0. The molecule has 0 spiro atoms. The van der Waals surface area contributed by atoms with Gasteiger partial charge in [-0.1, -0.05) is 0 Å². The van der Waals surface area contributed by atoms with Crippen molar-refractivity contribution in [2.45, 2.75) is 6.42 Å². The monoisotopic (exact) mass is 145 g/mol. The van der Waals surface area contributed by atoms with E-state index in [4.69, 9.17) is 0 Å². The molecule has 0 unspecified atom stereocenters. The van der Waals surface area contributed by atoms with E-state index < -0.39 is 0 Å². The molecule has 0 N–H and O–H groups in total. The van der Waals surface area contributed by atoms with Crippen LogP contribution in [0.15, 0.2) is 24.0 Å². The number of hydrogen-bond acceptors (Lipinski definition) is 2. The van der Waals surface area contributed by atoms with Crippen LogP contribution < -0.4 is 0 Å². The number of carbonyl (C=O) groups is 1. The second-order valence-electron chi connectivity index (χ2n) is 2.59. The van der Waals surface area contributed by atoms with E-state index in [1.54, 1.807) is 12.4 Å². The van der Waals surface area contributed by atoms with Crippen LogP contribution in [-0.4, -0.2) is 11.3 Å². The van der Waals surface area contributed by atoms with Gasteiger partial charge in [0.15, 0.2) is 0 Å². The number of allylic oxidation sites excluding steroid dienone is 1. The maximum Gasteiger partial charge on any atom is 0.146 e. The summed E-state index contributed by atoms with van der Waals surface area (Å²) in [6.45, 7) is 0. The van der Waals surface area contributed by atoms with Crippen molar-refractivity contribution in [2.24, 2.45) is 0 Å². The minimum atomic E-state index is 0.765. The molecule has 2 rings (SSSR count). The van der Waals surface area contributed by atoms with Gasteiger partial charge >= 0.3 is 0 Å².